The first-order valence-corrected chi connectivity index (χ1v) is 14.6. The van der Waals surface area contributed by atoms with Crippen LogP contribution in [-0.4, -0.2) is 47.3 Å². The van der Waals surface area contributed by atoms with Crippen LogP contribution in [0.25, 0.3) is 5.70 Å². The number of aryl methyl sites for hydroxylation is 3. The van der Waals surface area contributed by atoms with Crippen LogP contribution >= 0.6 is 11.3 Å². The maximum absolute atomic E-state index is 13.9. The van der Waals surface area contributed by atoms with Crippen LogP contribution in [0.4, 0.5) is 9.80 Å². The van der Waals surface area contributed by atoms with Crippen molar-refractivity contribution in [2.45, 2.75) is 79.6 Å². The van der Waals surface area contributed by atoms with Gasteiger partial charge in [-0.15, -0.1) is 11.3 Å². The van der Waals surface area contributed by atoms with Crippen molar-refractivity contribution >= 4 is 40.3 Å². The summed E-state index contributed by atoms with van der Waals surface area (Å²) in [4.78, 5) is 42.4. The van der Waals surface area contributed by atoms with Crippen molar-refractivity contribution < 1.29 is 14.4 Å². The number of hydrogen-bond donors (Lipinski definition) is 2. The topological polar surface area (TPSA) is 83.4 Å². The van der Waals surface area contributed by atoms with Crippen LogP contribution < -0.4 is 10.6 Å². The number of anilines is 1. The van der Waals surface area contributed by atoms with Crippen molar-refractivity contribution in [3.05, 3.63) is 56.2 Å². The van der Waals surface area contributed by atoms with E-state index in [1.165, 1.54) is 16.9 Å². The second-order valence-corrected chi connectivity index (χ2v) is 11.4. The molecule has 0 bridgehead atoms. The number of imide groups is 1. The first-order valence-electron chi connectivity index (χ1n) is 13.8. The lowest BCUT2D eigenvalue weighted by Crippen LogP contribution is -2.38. The van der Waals surface area contributed by atoms with Crippen LogP contribution in [0.3, 0.4) is 0 Å². The van der Waals surface area contributed by atoms with Crippen molar-refractivity contribution in [2.24, 2.45) is 0 Å². The van der Waals surface area contributed by atoms with E-state index in [-0.39, 0.29) is 0 Å². The van der Waals surface area contributed by atoms with Gasteiger partial charge in [0.25, 0.3) is 5.91 Å². The summed E-state index contributed by atoms with van der Waals surface area (Å²) in [6.45, 7) is 13.0. The van der Waals surface area contributed by atoms with Gasteiger partial charge in [-0.3, -0.25) is 25.1 Å². The third kappa shape index (κ3) is 5.71. The Bertz CT molecular complexity index is 1280. The summed E-state index contributed by atoms with van der Waals surface area (Å²) in [6.07, 6.45) is 7.41. The normalized spacial score (nSPS) is 16.7. The highest BCUT2D eigenvalue weighted by Gasteiger charge is 2.28. The van der Waals surface area contributed by atoms with E-state index in [1.54, 1.807) is 0 Å². The predicted molar refractivity (Wildman–Crippen MR) is 155 cm³/mol. The van der Waals surface area contributed by atoms with Crippen molar-refractivity contribution in [2.75, 3.05) is 25.0 Å². The number of likely N-dealkylation sites (N-methyl/N-ethyl adjacent to an activating group) is 1. The molecule has 0 unspecified atom stereocenters. The lowest BCUT2D eigenvalue weighted by molar-refractivity contribution is -0.116. The molecule has 2 aromatic heterocycles. The lowest BCUT2D eigenvalue weighted by Gasteiger charge is -2.31. The highest BCUT2D eigenvalue weighted by Crippen LogP contribution is 2.37. The standard InChI is InChI=1S/C30H40N4O3S/c1-6-10-22-17-33(7-2)16-15-23(22)27(21(5)34-19(3)13-14-20(34)4)28(36)31-30(37)32-29-25(18-35)24-11-8-9-12-26(24)38-29/h13-14,18H,6-12,15-17H2,1-5H3,(H2,31,32,36,37)/b27-21-. The first kappa shape index (κ1) is 28.0. The fourth-order valence-electron chi connectivity index (χ4n) is 5.93. The number of allylic oxidation sites excluding steroid dienone is 1. The first-order chi connectivity index (χ1) is 18.3. The Labute approximate surface area is 230 Å². The Morgan fingerprint density at radius 3 is 2.45 bits per heavy atom. The van der Waals surface area contributed by atoms with Gasteiger partial charge in [0.1, 0.15) is 5.00 Å². The van der Waals surface area contributed by atoms with Crippen LogP contribution in [0.1, 0.15) is 85.1 Å². The highest BCUT2D eigenvalue weighted by atomic mass is 32.1. The largest absolute Gasteiger partial charge is 0.326 e. The van der Waals surface area contributed by atoms with Gasteiger partial charge >= 0.3 is 6.03 Å². The Kier molecular flexibility index (Phi) is 9.05. The van der Waals surface area contributed by atoms with Crippen molar-refractivity contribution in [3.63, 3.8) is 0 Å². The zero-order valence-electron chi connectivity index (χ0n) is 23.3. The molecule has 2 N–H and O–H groups in total. The Hall–Kier alpha value is -2.97. The van der Waals surface area contributed by atoms with Gasteiger partial charge < -0.3 is 4.57 Å². The molecule has 204 valence electrons. The van der Waals surface area contributed by atoms with Gasteiger partial charge in [0.15, 0.2) is 6.29 Å². The smallest absolute Gasteiger partial charge is 0.322 e. The molecule has 0 saturated carbocycles. The molecule has 0 atom stereocenters. The molecule has 38 heavy (non-hydrogen) atoms. The predicted octanol–water partition coefficient (Wildman–Crippen LogP) is 6.26. The van der Waals surface area contributed by atoms with Crippen molar-refractivity contribution in [3.8, 4) is 0 Å². The van der Waals surface area contributed by atoms with E-state index in [0.29, 0.717) is 16.1 Å². The van der Waals surface area contributed by atoms with E-state index in [2.05, 4.69) is 33.9 Å². The fourth-order valence-corrected chi connectivity index (χ4v) is 7.18. The van der Waals surface area contributed by atoms with Gasteiger partial charge in [-0.1, -0.05) is 25.8 Å². The number of carbonyl (C=O) groups excluding carboxylic acids is 3. The summed E-state index contributed by atoms with van der Waals surface area (Å²) in [5.41, 5.74) is 7.39. The number of aldehydes is 1. The van der Waals surface area contributed by atoms with Crippen LogP contribution in [-0.2, 0) is 17.6 Å². The van der Waals surface area contributed by atoms with Gasteiger partial charge in [-0.05, 0) is 89.1 Å². The summed E-state index contributed by atoms with van der Waals surface area (Å²) < 4.78 is 2.09. The third-order valence-corrected chi connectivity index (χ3v) is 9.02. The molecule has 0 saturated heterocycles. The molecule has 8 heteroatoms. The van der Waals surface area contributed by atoms with Crippen LogP contribution in [0.5, 0.6) is 0 Å². The molecule has 1 aliphatic heterocycles. The van der Waals surface area contributed by atoms with Gasteiger partial charge in [-0.2, -0.15) is 0 Å². The number of amides is 3. The van der Waals surface area contributed by atoms with Crippen LogP contribution in [0, 0.1) is 13.8 Å². The van der Waals surface area contributed by atoms with Crippen molar-refractivity contribution in [1.29, 1.82) is 0 Å². The summed E-state index contributed by atoms with van der Waals surface area (Å²) in [5, 5.41) is 5.96. The summed E-state index contributed by atoms with van der Waals surface area (Å²) in [7, 11) is 0. The second-order valence-electron chi connectivity index (χ2n) is 10.3. The van der Waals surface area contributed by atoms with Crippen LogP contribution in [0.2, 0.25) is 0 Å². The van der Waals surface area contributed by atoms with Crippen molar-refractivity contribution in [1.82, 2.24) is 14.8 Å². The van der Waals surface area contributed by atoms with E-state index in [1.807, 2.05) is 32.9 Å². The summed E-state index contributed by atoms with van der Waals surface area (Å²) >= 11 is 1.45. The molecule has 3 amide bonds. The molecule has 7 nitrogen and oxygen atoms in total. The summed E-state index contributed by atoms with van der Waals surface area (Å²) in [5.74, 6) is -0.407. The van der Waals surface area contributed by atoms with E-state index in [0.717, 1.165) is 104 Å². The number of rotatable bonds is 8. The lowest BCUT2D eigenvalue weighted by atomic mass is 9.89. The average Bonchev–Trinajstić information content (AvgIpc) is 3.42. The Morgan fingerprint density at radius 2 is 1.79 bits per heavy atom. The zero-order chi connectivity index (χ0) is 27.4. The maximum atomic E-state index is 13.9. The van der Waals surface area contributed by atoms with E-state index in [9.17, 15) is 14.4 Å². The fraction of sp³-hybridized carbons (Fsp3) is 0.500. The number of nitrogens with one attached hydrogen (secondary N) is 2. The maximum Gasteiger partial charge on any atom is 0.326 e. The van der Waals surface area contributed by atoms with Gasteiger partial charge in [-0.25, -0.2) is 4.79 Å². The Balaban J connectivity index is 1.69. The SMILES string of the molecule is CCCC1=C(/C(C(=O)NC(=O)Nc2sc3c(c2C=O)CCCC3)=C(\C)n2c(C)ccc2C)CCN(CC)C1. The molecule has 0 spiro atoms. The van der Waals surface area contributed by atoms with Crippen LogP contribution in [0.15, 0.2) is 28.9 Å². The highest BCUT2D eigenvalue weighted by molar-refractivity contribution is 7.16. The number of urea groups is 1. The molecule has 0 aromatic carbocycles. The molecular formula is C30H40N4O3S. The molecule has 2 aliphatic rings. The number of fused-ring (bicyclic) bond motifs is 1. The quantitative estimate of drug-likeness (QED) is 0.308. The summed E-state index contributed by atoms with van der Waals surface area (Å²) in [6, 6.07) is 3.48. The minimum absolute atomic E-state index is 0.407. The van der Waals surface area contributed by atoms with E-state index < -0.39 is 11.9 Å². The average molecular weight is 537 g/mol. The molecular weight excluding hydrogens is 496 g/mol. The number of nitrogens with zero attached hydrogens (tertiary/aromatic N) is 2. The molecule has 0 radical (unpaired) electrons. The Morgan fingerprint density at radius 1 is 1.08 bits per heavy atom. The molecule has 4 rings (SSSR count). The number of hydrogen-bond acceptors (Lipinski definition) is 5. The second kappa shape index (κ2) is 12.3. The third-order valence-electron chi connectivity index (χ3n) is 7.80. The van der Waals surface area contributed by atoms with Gasteiger partial charge in [0, 0.05) is 35.1 Å². The number of carbonyl (C=O) groups is 3. The number of thiophene rings is 1. The van der Waals surface area contributed by atoms with E-state index in [4.69, 9.17) is 0 Å². The molecule has 0 fully saturated rings. The molecule has 3 heterocycles. The molecule has 2 aromatic rings. The van der Waals surface area contributed by atoms with E-state index >= 15 is 0 Å². The number of aromatic nitrogens is 1. The zero-order valence-corrected chi connectivity index (χ0v) is 24.1. The minimum atomic E-state index is -0.605. The molecule has 1 aliphatic carbocycles. The van der Waals surface area contributed by atoms with Gasteiger partial charge in [0.05, 0.1) is 11.1 Å². The minimum Gasteiger partial charge on any atom is -0.322 e. The van der Waals surface area contributed by atoms with Gasteiger partial charge in [0.2, 0.25) is 0 Å². The monoisotopic (exact) mass is 536 g/mol.